The van der Waals surface area contributed by atoms with Gasteiger partial charge in [-0.15, -0.1) is 11.3 Å². The van der Waals surface area contributed by atoms with Crippen molar-refractivity contribution in [2.45, 2.75) is 0 Å². The lowest BCUT2D eigenvalue weighted by atomic mass is 10.2. The van der Waals surface area contributed by atoms with Gasteiger partial charge in [0.05, 0.1) is 5.69 Å². The number of nitriles is 1. The van der Waals surface area contributed by atoms with Crippen molar-refractivity contribution in [1.82, 2.24) is 4.98 Å². The third kappa shape index (κ3) is 3.88. The molecule has 0 aliphatic carbocycles. The van der Waals surface area contributed by atoms with Gasteiger partial charge in [-0.3, -0.25) is 0 Å². The second-order valence-corrected chi connectivity index (χ2v) is 7.64. The largest absolute Gasteiger partial charge is 0.423 e. The molecule has 4 rings (SSSR count). The summed E-state index contributed by atoms with van der Waals surface area (Å²) in [5.41, 5.74) is 3.15. The normalized spacial score (nSPS) is 11.4. The maximum absolute atomic E-state index is 11.3. The van der Waals surface area contributed by atoms with E-state index in [1.165, 1.54) is 17.4 Å². The minimum atomic E-state index is -0.384. The number of allylic oxidation sites excluding steroid dienone is 1. The Hall–Kier alpha value is -3.21. The van der Waals surface area contributed by atoms with Gasteiger partial charge in [0.15, 0.2) is 0 Å². The van der Waals surface area contributed by atoms with Crippen LogP contribution < -0.4 is 10.9 Å². The summed E-state index contributed by atoms with van der Waals surface area (Å²) in [6.45, 7) is 0. The molecule has 2 aromatic heterocycles. The van der Waals surface area contributed by atoms with Crippen LogP contribution in [0.4, 0.5) is 5.69 Å². The first kappa shape index (κ1) is 18.2. The van der Waals surface area contributed by atoms with Gasteiger partial charge in [-0.25, -0.2) is 9.78 Å². The number of thiazole rings is 1. The zero-order valence-corrected chi connectivity index (χ0v) is 16.8. The van der Waals surface area contributed by atoms with Gasteiger partial charge in [-0.2, -0.15) is 5.26 Å². The monoisotopic (exact) mass is 449 g/mol. The molecule has 0 aliphatic heterocycles. The molecule has 0 spiro atoms. The second kappa shape index (κ2) is 7.80. The van der Waals surface area contributed by atoms with E-state index >= 15 is 0 Å². The first-order valence-corrected chi connectivity index (χ1v) is 9.92. The van der Waals surface area contributed by atoms with E-state index < -0.39 is 0 Å². The number of nitrogens with one attached hydrogen (secondary N) is 1. The molecule has 0 amide bonds. The standard InChI is InChI=1S/C21H12BrN3O2S/c22-16-3-1-2-13(8-16)18-12-28-21(25-18)15(10-23)11-24-17-5-6-19-14(9-17)4-7-20(26)27-19/h1-9,11-12,24H. The van der Waals surface area contributed by atoms with E-state index in [1.807, 2.05) is 35.7 Å². The highest BCUT2D eigenvalue weighted by atomic mass is 79.9. The van der Waals surface area contributed by atoms with E-state index in [0.29, 0.717) is 16.2 Å². The molecule has 0 saturated carbocycles. The minimum Gasteiger partial charge on any atom is -0.423 e. The van der Waals surface area contributed by atoms with Crippen LogP contribution in [0.25, 0.3) is 27.8 Å². The number of fused-ring (bicyclic) bond motifs is 1. The van der Waals surface area contributed by atoms with Gasteiger partial charge in [-0.1, -0.05) is 28.1 Å². The fraction of sp³-hybridized carbons (Fsp3) is 0. The summed E-state index contributed by atoms with van der Waals surface area (Å²) >= 11 is 4.87. The average Bonchev–Trinajstić information content (AvgIpc) is 3.18. The topological polar surface area (TPSA) is 78.9 Å². The zero-order valence-electron chi connectivity index (χ0n) is 14.3. The smallest absolute Gasteiger partial charge is 0.336 e. The van der Waals surface area contributed by atoms with Crippen molar-refractivity contribution in [1.29, 1.82) is 5.26 Å². The van der Waals surface area contributed by atoms with Gasteiger partial charge in [-0.05, 0) is 36.4 Å². The summed E-state index contributed by atoms with van der Waals surface area (Å²) in [7, 11) is 0. The van der Waals surface area contributed by atoms with Crippen LogP contribution >= 0.6 is 27.3 Å². The number of nitrogens with zero attached hydrogens (tertiary/aromatic N) is 2. The van der Waals surface area contributed by atoms with Gasteiger partial charge in [0.25, 0.3) is 0 Å². The lowest BCUT2D eigenvalue weighted by Gasteiger charge is -2.03. The molecule has 0 fully saturated rings. The minimum absolute atomic E-state index is 0.384. The van der Waals surface area contributed by atoms with Crippen molar-refractivity contribution in [3.05, 3.63) is 86.1 Å². The lowest BCUT2D eigenvalue weighted by molar-refractivity contribution is 0.561. The number of hydrogen-bond acceptors (Lipinski definition) is 6. The Morgan fingerprint density at radius 2 is 2.11 bits per heavy atom. The van der Waals surface area contributed by atoms with Crippen molar-refractivity contribution in [3.8, 4) is 17.3 Å². The number of aromatic nitrogens is 1. The summed E-state index contributed by atoms with van der Waals surface area (Å²) in [4.78, 5) is 15.8. The highest BCUT2D eigenvalue weighted by Crippen LogP contribution is 2.28. The molecule has 2 heterocycles. The van der Waals surface area contributed by atoms with Crippen LogP contribution in [0.2, 0.25) is 0 Å². The average molecular weight is 450 g/mol. The van der Waals surface area contributed by atoms with Crippen molar-refractivity contribution in [2.24, 2.45) is 0 Å². The molecule has 2 aromatic carbocycles. The second-order valence-electron chi connectivity index (χ2n) is 5.87. The Balaban J connectivity index is 1.59. The van der Waals surface area contributed by atoms with Crippen molar-refractivity contribution in [2.75, 3.05) is 5.32 Å². The summed E-state index contributed by atoms with van der Waals surface area (Å²) in [5, 5.41) is 16.0. The first-order chi connectivity index (χ1) is 13.6. The van der Waals surface area contributed by atoms with E-state index in [4.69, 9.17) is 4.42 Å². The van der Waals surface area contributed by atoms with Crippen LogP contribution in [0.1, 0.15) is 5.01 Å². The van der Waals surface area contributed by atoms with E-state index in [-0.39, 0.29) is 5.63 Å². The molecule has 1 N–H and O–H groups in total. The number of anilines is 1. The molecule has 0 bridgehead atoms. The molecule has 7 heteroatoms. The van der Waals surface area contributed by atoms with Gasteiger partial charge >= 0.3 is 5.63 Å². The maximum Gasteiger partial charge on any atom is 0.336 e. The summed E-state index contributed by atoms with van der Waals surface area (Å²) < 4.78 is 6.10. The molecule has 0 unspecified atom stereocenters. The van der Waals surface area contributed by atoms with Gasteiger partial charge < -0.3 is 9.73 Å². The Morgan fingerprint density at radius 1 is 1.21 bits per heavy atom. The van der Waals surface area contributed by atoms with Crippen LogP contribution in [0, 0.1) is 11.3 Å². The Labute approximate surface area is 172 Å². The number of hydrogen-bond donors (Lipinski definition) is 1. The predicted octanol–water partition coefficient (Wildman–Crippen LogP) is 5.66. The SMILES string of the molecule is N#CC(=CNc1ccc2oc(=O)ccc2c1)c1nc(-c2cccc(Br)c2)cs1. The highest BCUT2D eigenvalue weighted by molar-refractivity contribution is 9.10. The van der Waals surface area contributed by atoms with Crippen LogP contribution in [0.5, 0.6) is 0 Å². The lowest BCUT2D eigenvalue weighted by Crippen LogP contribution is -1.95. The van der Waals surface area contributed by atoms with E-state index in [2.05, 4.69) is 32.3 Å². The van der Waals surface area contributed by atoms with Crippen LogP contribution in [-0.4, -0.2) is 4.98 Å². The molecule has 136 valence electrons. The number of benzene rings is 2. The van der Waals surface area contributed by atoms with E-state index in [9.17, 15) is 10.1 Å². The third-order valence-corrected chi connectivity index (χ3v) is 5.35. The van der Waals surface area contributed by atoms with Gasteiger partial charge in [0.1, 0.15) is 22.2 Å². The molecular formula is C21H12BrN3O2S. The summed E-state index contributed by atoms with van der Waals surface area (Å²) in [6, 6.07) is 18.5. The van der Waals surface area contributed by atoms with Crippen LogP contribution in [0.3, 0.4) is 0 Å². The number of rotatable bonds is 4. The Morgan fingerprint density at radius 3 is 2.93 bits per heavy atom. The highest BCUT2D eigenvalue weighted by Gasteiger charge is 2.09. The maximum atomic E-state index is 11.3. The Bertz CT molecular complexity index is 1300. The van der Waals surface area contributed by atoms with E-state index in [1.54, 1.807) is 24.4 Å². The van der Waals surface area contributed by atoms with Crippen LogP contribution in [-0.2, 0) is 0 Å². The van der Waals surface area contributed by atoms with Gasteiger partial charge in [0.2, 0.25) is 0 Å². The van der Waals surface area contributed by atoms with Crippen molar-refractivity contribution in [3.63, 3.8) is 0 Å². The molecule has 5 nitrogen and oxygen atoms in total. The van der Waals surface area contributed by atoms with Gasteiger partial charge in [0, 0.05) is 38.8 Å². The molecule has 0 saturated heterocycles. The van der Waals surface area contributed by atoms with Crippen molar-refractivity contribution < 1.29 is 4.42 Å². The van der Waals surface area contributed by atoms with Crippen LogP contribution in [0.15, 0.2) is 79.9 Å². The molecule has 4 aromatic rings. The zero-order chi connectivity index (χ0) is 19.5. The fourth-order valence-electron chi connectivity index (χ4n) is 2.64. The Kier molecular flexibility index (Phi) is 5.06. The third-order valence-electron chi connectivity index (χ3n) is 3.98. The molecular weight excluding hydrogens is 438 g/mol. The quantitative estimate of drug-likeness (QED) is 0.321. The molecule has 28 heavy (non-hydrogen) atoms. The number of halogens is 1. The first-order valence-electron chi connectivity index (χ1n) is 8.25. The fourth-order valence-corrected chi connectivity index (χ4v) is 3.83. The molecule has 0 radical (unpaired) electrons. The van der Waals surface area contributed by atoms with Crippen molar-refractivity contribution >= 4 is 49.5 Å². The summed E-state index contributed by atoms with van der Waals surface area (Å²) in [6.07, 6.45) is 1.63. The molecule has 0 aliphatic rings. The molecule has 0 atom stereocenters. The summed E-state index contributed by atoms with van der Waals surface area (Å²) in [5.74, 6) is 0. The van der Waals surface area contributed by atoms with E-state index in [0.717, 1.165) is 26.8 Å². The predicted molar refractivity (Wildman–Crippen MR) is 115 cm³/mol.